The fourth-order valence-corrected chi connectivity index (χ4v) is 5.77. The molecular weight excluding hydrogens is 508 g/mol. The molecule has 10 nitrogen and oxygen atoms in total. The molecule has 0 unspecified atom stereocenters. The van der Waals surface area contributed by atoms with Crippen molar-refractivity contribution in [1.82, 2.24) is 20.0 Å². The van der Waals surface area contributed by atoms with Crippen molar-refractivity contribution in [2.45, 2.75) is 45.2 Å². The van der Waals surface area contributed by atoms with E-state index >= 15 is 0 Å². The minimum atomic E-state index is -0.414. The van der Waals surface area contributed by atoms with Gasteiger partial charge in [0.25, 0.3) is 5.91 Å². The lowest BCUT2D eigenvalue weighted by Crippen LogP contribution is -2.51. The fraction of sp³-hybridized carbons (Fsp3) is 0.467. The molecule has 0 aliphatic carbocycles. The maximum atomic E-state index is 13.5. The minimum Gasteiger partial charge on any atom is -0.340 e. The topological polar surface area (TPSA) is 105 Å². The Morgan fingerprint density at radius 3 is 2.62 bits per heavy atom. The van der Waals surface area contributed by atoms with Gasteiger partial charge in [0.05, 0.1) is 11.4 Å². The van der Waals surface area contributed by atoms with Crippen molar-refractivity contribution in [2.75, 3.05) is 56.5 Å². The van der Waals surface area contributed by atoms with Crippen LogP contribution in [0.5, 0.6) is 0 Å². The van der Waals surface area contributed by atoms with Crippen LogP contribution in [-0.4, -0.2) is 90.8 Å². The summed E-state index contributed by atoms with van der Waals surface area (Å²) in [6.07, 6.45) is 2.67. The summed E-state index contributed by atoms with van der Waals surface area (Å²) in [5.41, 5.74) is 3.59. The molecule has 212 valence electrons. The van der Waals surface area contributed by atoms with E-state index in [0.717, 1.165) is 43.6 Å². The van der Waals surface area contributed by atoms with Gasteiger partial charge in [0.1, 0.15) is 6.04 Å². The second-order valence-corrected chi connectivity index (χ2v) is 10.9. The number of anilines is 2. The van der Waals surface area contributed by atoms with Crippen LogP contribution >= 0.6 is 0 Å². The van der Waals surface area contributed by atoms with Gasteiger partial charge in [-0.1, -0.05) is 18.2 Å². The Balaban J connectivity index is 1.22. The molecule has 0 spiro atoms. The molecular formula is C30H38N6O4. The minimum absolute atomic E-state index is 0.0500. The van der Waals surface area contributed by atoms with Crippen LogP contribution < -0.4 is 15.5 Å². The highest BCUT2D eigenvalue weighted by molar-refractivity contribution is 6.10. The maximum absolute atomic E-state index is 13.5. The third kappa shape index (κ3) is 5.96. The Bertz CT molecular complexity index is 1300. The number of amides is 5. The average Bonchev–Trinajstić information content (AvgIpc) is 3.25. The first kappa shape index (κ1) is 27.6. The van der Waals surface area contributed by atoms with E-state index in [1.54, 1.807) is 21.9 Å². The van der Waals surface area contributed by atoms with Crippen LogP contribution in [0, 0.1) is 6.92 Å². The smallest absolute Gasteiger partial charge is 0.318 e. The molecule has 3 aliphatic rings. The van der Waals surface area contributed by atoms with Gasteiger partial charge in [-0.15, -0.1) is 0 Å². The average molecular weight is 547 g/mol. The number of hydrogen-bond donors (Lipinski definition) is 2. The number of carbonyl (C=O) groups excluding carboxylic acids is 4. The van der Waals surface area contributed by atoms with Crippen LogP contribution in [0.1, 0.15) is 47.2 Å². The Labute approximate surface area is 235 Å². The van der Waals surface area contributed by atoms with E-state index in [9.17, 15) is 19.2 Å². The number of urea groups is 1. The zero-order valence-electron chi connectivity index (χ0n) is 23.3. The van der Waals surface area contributed by atoms with E-state index in [1.807, 2.05) is 42.2 Å². The van der Waals surface area contributed by atoms with E-state index in [4.69, 9.17) is 0 Å². The van der Waals surface area contributed by atoms with Crippen molar-refractivity contribution in [3.05, 3.63) is 59.2 Å². The van der Waals surface area contributed by atoms with E-state index in [1.165, 1.54) is 0 Å². The maximum Gasteiger partial charge on any atom is 0.318 e. The number of para-hydroxylation sites is 2. The highest BCUT2D eigenvalue weighted by Gasteiger charge is 2.37. The largest absolute Gasteiger partial charge is 0.340 e. The molecule has 40 heavy (non-hydrogen) atoms. The highest BCUT2D eigenvalue weighted by Crippen LogP contribution is 2.30. The van der Waals surface area contributed by atoms with Gasteiger partial charge in [0, 0.05) is 51.3 Å². The number of likely N-dealkylation sites (N-methyl/N-ethyl adjacent to an activating group) is 1. The second-order valence-electron chi connectivity index (χ2n) is 10.9. The van der Waals surface area contributed by atoms with E-state index in [-0.39, 0.29) is 30.2 Å². The van der Waals surface area contributed by atoms with Crippen molar-refractivity contribution in [2.24, 2.45) is 0 Å². The number of likely N-dealkylation sites (tertiary alicyclic amines) is 1. The van der Waals surface area contributed by atoms with Crippen molar-refractivity contribution in [3.63, 3.8) is 0 Å². The van der Waals surface area contributed by atoms with Gasteiger partial charge >= 0.3 is 6.03 Å². The van der Waals surface area contributed by atoms with Crippen molar-refractivity contribution < 1.29 is 19.2 Å². The lowest BCUT2D eigenvalue weighted by molar-refractivity contribution is -0.135. The summed E-state index contributed by atoms with van der Waals surface area (Å²) in [5, 5.41) is 5.85. The van der Waals surface area contributed by atoms with Crippen LogP contribution in [0.4, 0.5) is 16.2 Å². The monoisotopic (exact) mass is 546 g/mol. The van der Waals surface area contributed by atoms with Crippen LogP contribution in [0.2, 0.25) is 0 Å². The van der Waals surface area contributed by atoms with Gasteiger partial charge in [-0.3, -0.25) is 14.4 Å². The third-order valence-corrected chi connectivity index (χ3v) is 8.13. The molecule has 1 atom stereocenters. The SMILES string of the molecule is Cc1cc(C(=O)N2CCC(=O)Nc3ccccc32)ccc1CNC(=O)N1CCC[C@@H]1C(=O)N1CCCN(C)CC1. The Hall–Kier alpha value is -3.92. The van der Waals surface area contributed by atoms with E-state index in [2.05, 4.69) is 22.6 Å². The van der Waals surface area contributed by atoms with Crippen LogP contribution in [0.3, 0.4) is 0 Å². The number of fused-ring (bicyclic) bond motifs is 1. The molecule has 0 saturated carbocycles. The molecule has 10 heteroatoms. The van der Waals surface area contributed by atoms with Gasteiger partial charge < -0.3 is 30.2 Å². The summed E-state index contributed by atoms with van der Waals surface area (Å²) in [6, 6.07) is 12.1. The Morgan fingerprint density at radius 1 is 0.975 bits per heavy atom. The third-order valence-electron chi connectivity index (χ3n) is 8.13. The summed E-state index contributed by atoms with van der Waals surface area (Å²) < 4.78 is 0. The molecule has 2 aromatic carbocycles. The summed E-state index contributed by atoms with van der Waals surface area (Å²) >= 11 is 0. The van der Waals surface area contributed by atoms with Crippen molar-refractivity contribution >= 4 is 35.1 Å². The molecule has 2 fully saturated rings. The zero-order chi connectivity index (χ0) is 28.2. The van der Waals surface area contributed by atoms with E-state index in [0.29, 0.717) is 49.5 Å². The highest BCUT2D eigenvalue weighted by atomic mass is 16.2. The number of hydrogen-bond acceptors (Lipinski definition) is 5. The van der Waals surface area contributed by atoms with Gasteiger partial charge in [0.15, 0.2) is 0 Å². The molecule has 2 saturated heterocycles. The molecule has 2 N–H and O–H groups in total. The number of aryl methyl sites for hydroxylation is 1. The molecule has 0 aromatic heterocycles. The molecule has 0 bridgehead atoms. The summed E-state index contributed by atoms with van der Waals surface area (Å²) in [4.78, 5) is 59.5. The van der Waals surface area contributed by atoms with E-state index < -0.39 is 6.04 Å². The predicted octanol–water partition coefficient (Wildman–Crippen LogP) is 2.82. The predicted molar refractivity (Wildman–Crippen MR) is 153 cm³/mol. The van der Waals surface area contributed by atoms with Gasteiger partial charge in [-0.05, 0) is 75.2 Å². The standard InChI is InChI=1S/C30H38N6O4/c1-21-19-22(28(38)35-16-12-27(37)32-24-7-3-4-8-25(24)35)10-11-23(21)20-31-30(40)36-15-5-9-26(36)29(39)34-14-6-13-33(2)17-18-34/h3-4,7-8,10-11,19,26H,5-6,9,12-18,20H2,1-2H3,(H,31,40)(H,32,37)/t26-/m1/s1. The fourth-order valence-electron chi connectivity index (χ4n) is 5.77. The molecule has 0 radical (unpaired) electrons. The quantitative estimate of drug-likeness (QED) is 0.614. The number of benzene rings is 2. The molecule has 3 aliphatic heterocycles. The molecule has 5 amide bonds. The van der Waals surface area contributed by atoms with Crippen LogP contribution in [0.15, 0.2) is 42.5 Å². The zero-order valence-corrected chi connectivity index (χ0v) is 23.3. The van der Waals surface area contributed by atoms with Gasteiger partial charge in [0.2, 0.25) is 11.8 Å². The number of nitrogens with one attached hydrogen (secondary N) is 2. The molecule has 2 aromatic rings. The summed E-state index contributed by atoms with van der Waals surface area (Å²) in [7, 11) is 2.07. The number of rotatable bonds is 4. The Kier molecular flexibility index (Phi) is 8.35. The van der Waals surface area contributed by atoms with Crippen LogP contribution in [0.25, 0.3) is 0 Å². The number of carbonyl (C=O) groups is 4. The molecule has 3 heterocycles. The number of nitrogens with zero attached hydrogens (tertiary/aromatic N) is 4. The van der Waals surface area contributed by atoms with Crippen LogP contribution in [-0.2, 0) is 16.1 Å². The second kappa shape index (κ2) is 12.1. The van der Waals surface area contributed by atoms with Crippen molar-refractivity contribution in [1.29, 1.82) is 0 Å². The lowest BCUT2D eigenvalue weighted by atomic mass is 10.0. The molecule has 5 rings (SSSR count). The Morgan fingerprint density at radius 2 is 1.80 bits per heavy atom. The van der Waals surface area contributed by atoms with Crippen molar-refractivity contribution in [3.8, 4) is 0 Å². The first-order chi connectivity index (χ1) is 19.3. The lowest BCUT2D eigenvalue weighted by Gasteiger charge is -2.29. The summed E-state index contributed by atoms with van der Waals surface area (Å²) in [6.45, 7) is 6.33. The first-order valence-electron chi connectivity index (χ1n) is 14.1. The summed E-state index contributed by atoms with van der Waals surface area (Å²) in [5.74, 6) is -0.249. The first-order valence-corrected chi connectivity index (χ1v) is 14.1. The van der Waals surface area contributed by atoms with Gasteiger partial charge in [-0.25, -0.2) is 4.79 Å². The van der Waals surface area contributed by atoms with Gasteiger partial charge in [-0.2, -0.15) is 0 Å². The normalized spacial score (nSPS) is 19.9.